The van der Waals surface area contributed by atoms with Crippen LogP contribution in [-0.4, -0.2) is 11.8 Å². The van der Waals surface area contributed by atoms with Crippen molar-refractivity contribution in [3.05, 3.63) is 0 Å². The number of hydrazine groups is 3. The molecule has 0 aliphatic heterocycles. The van der Waals surface area contributed by atoms with Crippen LogP contribution < -0.4 is 22.3 Å². The molecule has 0 heterocycles. The van der Waals surface area contributed by atoms with Crippen molar-refractivity contribution in [1.82, 2.24) is 15.8 Å². The van der Waals surface area contributed by atoms with Crippen LogP contribution in [0, 0.1) is 0 Å². The zero-order chi connectivity index (χ0) is 5.70. The van der Waals surface area contributed by atoms with Gasteiger partial charge in [-0.05, 0) is 0 Å². The Morgan fingerprint density at radius 2 is 2.29 bits per heavy atom. The summed E-state index contributed by atoms with van der Waals surface area (Å²) in [5.41, 5.74) is 7.38. The highest BCUT2D eigenvalue weighted by molar-refractivity contribution is 7.13. The highest BCUT2D eigenvalue weighted by Gasteiger charge is 1.87. The van der Waals surface area contributed by atoms with Crippen LogP contribution in [0.2, 0.25) is 0 Å². The number of hydrogen-bond acceptors (Lipinski definition) is 5. The van der Waals surface area contributed by atoms with Crippen LogP contribution in [0.4, 0.5) is 0 Å². The van der Waals surface area contributed by atoms with E-state index in [-0.39, 0.29) is 0 Å². The van der Waals surface area contributed by atoms with Crippen LogP contribution in [0.3, 0.4) is 0 Å². The first kappa shape index (κ1) is 7.23. The summed E-state index contributed by atoms with van der Waals surface area (Å²) in [5.74, 6) is 4.91. The zero-order valence-corrected chi connectivity index (χ0v) is 5.04. The maximum absolute atomic E-state index is 5.10. The van der Waals surface area contributed by atoms with Crippen molar-refractivity contribution in [3.8, 4) is 0 Å². The van der Waals surface area contributed by atoms with Gasteiger partial charge in [-0.3, -0.25) is 5.84 Å². The molecule has 0 amide bonds. The van der Waals surface area contributed by atoms with Crippen molar-refractivity contribution >= 4 is 9.39 Å². The minimum Gasteiger partial charge on any atom is -0.316 e. The highest BCUT2D eigenvalue weighted by Crippen LogP contribution is 1.69. The Balaban J connectivity index is 2.99. The summed E-state index contributed by atoms with van der Waals surface area (Å²) in [7, 11) is 2.24. The van der Waals surface area contributed by atoms with Crippen molar-refractivity contribution in [3.63, 3.8) is 0 Å². The largest absolute Gasteiger partial charge is 0.316 e. The number of nitrogens with two attached hydrogens (primary N) is 2. The standard InChI is InChI=1S/CH10N5P/c2-1-6(4-3)5-7/h4-5H,1-3,7H2. The lowest BCUT2D eigenvalue weighted by Crippen LogP contribution is -2.50. The molecule has 1 unspecified atom stereocenters. The first-order chi connectivity index (χ1) is 3.35. The van der Waals surface area contributed by atoms with Gasteiger partial charge in [0.2, 0.25) is 0 Å². The van der Waals surface area contributed by atoms with Gasteiger partial charge < -0.3 is 5.73 Å². The molecular weight excluding hydrogens is 113 g/mol. The van der Waals surface area contributed by atoms with Crippen molar-refractivity contribution in [2.75, 3.05) is 6.67 Å². The van der Waals surface area contributed by atoms with E-state index >= 15 is 0 Å². The molecule has 0 aliphatic carbocycles. The van der Waals surface area contributed by atoms with Crippen LogP contribution in [0.15, 0.2) is 0 Å². The molecule has 0 fully saturated rings. The topological polar surface area (TPSA) is 79.3 Å². The summed E-state index contributed by atoms with van der Waals surface area (Å²) in [5, 5.41) is 3.98. The molecule has 0 saturated carbocycles. The Kier molecular flexibility index (Phi) is 4.53. The summed E-state index contributed by atoms with van der Waals surface area (Å²) >= 11 is 0. The Morgan fingerprint density at radius 1 is 1.71 bits per heavy atom. The minimum absolute atomic E-state index is 0.319. The number of nitrogens with one attached hydrogen (secondary N) is 2. The van der Waals surface area contributed by atoms with Gasteiger partial charge in [0.15, 0.2) is 0 Å². The maximum atomic E-state index is 5.10. The van der Waals surface area contributed by atoms with Crippen molar-refractivity contribution in [2.45, 2.75) is 0 Å². The fourth-order valence-electron chi connectivity index (χ4n) is 0.143. The second kappa shape index (κ2) is 4.39. The van der Waals surface area contributed by atoms with E-state index in [1.807, 2.05) is 0 Å². The second-order valence-corrected chi connectivity index (χ2v) is 1.13. The molecule has 0 aromatic heterocycles. The van der Waals surface area contributed by atoms with Gasteiger partial charge in [0.05, 0.1) is 6.67 Å². The summed E-state index contributed by atoms with van der Waals surface area (Å²) in [6, 6.07) is 0. The van der Waals surface area contributed by atoms with Crippen LogP contribution in [0.25, 0.3) is 0 Å². The van der Waals surface area contributed by atoms with Crippen LogP contribution >= 0.6 is 9.39 Å². The zero-order valence-electron chi connectivity index (χ0n) is 3.89. The van der Waals surface area contributed by atoms with Crippen molar-refractivity contribution < 1.29 is 0 Å². The molecule has 6 heteroatoms. The van der Waals surface area contributed by atoms with E-state index in [1.165, 1.54) is 5.12 Å². The Labute approximate surface area is 44.6 Å². The predicted octanol–water partition coefficient (Wildman–Crippen LogP) is -2.12. The molecule has 0 saturated heterocycles. The van der Waals surface area contributed by atoms with Gasteiger partial charge in [0, 0.05) is 0 Å². The lowest BCUT2D eigenvalue weighted by atomic mass is 11.2. The normalized spacial score (nSPS) is 10.3. The number of hydrogen-bond donors (Lipinski definition) is 4. The SMILES string of the molecule is NCN(NN)NP. The number of nitrogens with zero attached hydrogens (tertiary/aromatic N) is 1. The van der Waals surface area contributed by atoms with Crippen molar-refractivity contribution in [2.24, 2.45) is 11.6 Å². The molecule has 44 valence electrons. The van der Waals surface area contributed by atoms with E-state index < -0.39 is 0 Å². The Hall–Kier alpha value is 0.230. The predicted molar refractivity (Wildman–Crippen MR) is 31.1 cm³/mol. The third kappa shape index (κ3) is 2.87. The highest BCUT2D eigenvalue weighted by atomic mass is 31.0. The summed E-state index contributed by atoms with van der Waals surface area (Å²) < 4.78 is 0. The summed E-state index contributed by atoms with van der Waals surface area (Å²) in [4.78, 5) is 0. The molecule has 1 atom stereocenters. The van der Waals surface area contributed by atoms with Gasteiger partial charge in [0.25, 0.3) is 0 Å². The first-order valence-electron chi connectivity index (χ1n) is 1.75. The fraction of sp³-hybridized carbons (Fsp3) is 1.00. The van der Waals surface area contributed by atoms with E-state index in [4.69, 9.17) is 11.6 Å². The molecule has 5 nitrogen and oxygen atoms in total. The van der Waals surface area contributed by atoms with Crippen molar-refractivity contribution in [1.29, 1.82) is 0 Å². The van der Waals surface area contributed by atoms with Gasteiger partial charge in [-0.2, -0.15) is 5.53 Å². The van der Waals surface area contributed by atoms with E-state index in [9.17, 15) is 0 Å². The Bertz CT molecular complexity index is 29.6. The molecule has 0 aliphatic rings. The monoisotopic (exact) mass is 123 g/mol. The third-order valence-electron chi connectivity index (χ3n) is 0.494. The molecule has 0 aromatic rings. The Morgan fingerprint density at radius 3 is 2.29 bits per heavy atom. The average molecular weight is 123 g/mol. The van der Waals surface area contributed by atoms with E-state index in [0.29, 0.717) is 6.67 Å². The lowest BCUT2D eigenvalue weighted by Gasteiger charge is -2.14. The van der Waals surface area contributed by atoms with Crippen LogP contribution in [0.1, 0.15) is 0 Å². The molecule has 7 heavy (non-hydrogen) atoms. The minimum atomic E-state index is 0.319. The molecule has 0 radical (unpaired) electrons. The summed E-state index contributed by atoms with van der Waals surface area (Å²) in [6.07, 6.45) is 0. The molecule has 0 rings (SSSR count). The molecule has 0 bridgehead atoms. The quantitative estimate of drug-likeness (QED) is 0.149. The molecule has 0 aromatic carbocycles. The fourth-order valence-corrected chi connectivity index (χ4v) is 0.323. The van der Waals surface area contributed by atoms with E-state index in [1.54, 1.807) is 0 Å². The van der Waals surface area contributed by atoms with Gasteiger partial charge >= 0.3 is 0 Å². The molecule has 0 spiro atoms. The van der Waals surface area contributed by atoms with E-state index in [0.717, 1.165) is 0 Å². The smallest absolute Gasteiger partial charge is 0.0771 e. The van der Waals surface area contributed by atoms with Gasteiger partial charge in [-0.1, -0.05) is 9.39 Å². The lowest BCUT2D eigenvalue weighted by molar-refractivity contribution is 0.170. The summed E-state index contributed by atoms with van der Waals surface area (Å²) in [6.45, 7) is 0.319. The van der Waals surface area contributed by atoms with Gasteiger partial charge in [-0.15, -0.1) is 5.12 Å². The van der Waals surface area contributed by atoms with Crippen LogP contribution in [-0.2, 0) is 0 Å². The molecular formula is CH10N5P. The second-order valence-electron chi connectivity index (χ2n) is 0.869. The van der Waals surface area contributed by atoms with Crippen LogP contribution in [0.5, 0.6) is 0 Å². The average Bonchev–Trinajstić information content (AvgIpc) is 1.72. The van der Waals surface area contributed by atoms with E-state index in [2.05, 4.69) is 20.1 Å². The number of rotatable bonds is 3. The third-order valence-corrected chi connectivity index (χ3v) is 0.806. The van der Waals surface area contributed by atoms with Gasteiger partial charge in [0.1, 0.15) is 0 Å². The van der Waals surface area contributed by atoms with Gasteiger partial charge in [-0.25, -0.2) is 5.20 Å². The first-order valence-corrected chi connectivity index (χ1v) is 2.33. The molecule has 6 N–H and O–H groups in total. The maximum Gasteiger partial charge on any atom is 0.0771 e.